The summed E-state index contributed by atoms with van der Waals surface area (Å²) in [6.07, 6.45) is 2.81. The Hall–Kier alpha value is -1.03. The third-order valence-electron chi connectivity index (χ3n) is 3.37. The molecule has 19 heavy (non-hydrogen) atoms. The van der Waals surface area contributed by atoms with Crippen LogP contribution in [0.3, 0.4) is 0 Å². The lowest BCUT2D eigenvalue weighted by Crippen LogP contribution is -2.31. The molecule has 0 saturated carbocycles. The quantitative estimate of drug-likeness (QED) is 0.747. The number of alkyl halides is 1. The summed E-state index contributed by atoms with van der Waals surface area (Å²) < 4.78 is 1.76. The van der Waals surface area contributed by atoms with Crippen molar-refractivity contribution in [1.29, 1.82) is 0 Å². The van der Waals surface area contributed by atoms with Crippen LogP contribution < -0.4 is 5.32 Å². The number of carbonyl (C=O) groups is 1. The van der Waals surface area contributed by atoms with Crippen LogP contribution >= 0.6 is 11.6 Å². The molecule has 1 unspecified atom stereocenters. The fourth-order valence-electron chi connectivity index (χ4n) is 2.00. The predicted octanol–water partition coefficient (Wildman–Crippen LogP) is 2.85. The van der Waals surface area contributed by atoms with Crippen molar-refractivity contribution in [3.8, 4) is 0 Å². The zero-order valence-corrected chi connectivity index (χ0v) is 12.8. The van der Waals surface area contributed by atoms with Crippen LogP contribution in [0.2, 0.25) is 0 Å². The molecular formula is C14H24ClN3O. The summed E-state index contributed by atoms with van der Waals surface area (Å²) in [5.41, 5.74) is 1.61. The molecule has 5 heteroatoms. The Morgan fingerprint density at radius 3 is 2.74 bits per heavy atom. The molecule has 1 rings (SSSR count). The van der Waals surface area contributed by atoms with Crippen molar-refractivity contribution in [3.05, 3.63) is 17.5 Å². The van der Waals surface area contributed by atoms with Gasteiger partial charge < -0.3 is 5.32 Å². The zero-order chi connectivity index (χ0) is 14.3. The number of amides is 1. The first-order valence-corrected chi connectivity index (χ1v) is 7.60. The first-order chi connectivity index (χ1) is 9.15. The van der Waals surface area contributed by atoms with E-state index in [1.54, 1.807) is 4.68 Å². The van der Waals surface area contributed by atoms with Gasteiger partial charge in [-0.25, -0.2) is 0 Å². The van der Waals surface area contributed by atoms with Crippen molar-refractivity contribution in [3.63, 3.8) is 0 Å². The average Bonchev–Trinajstić information content (AvgIpc) is 2.86. The Morgan fingerprint density at radius 1 is 1.47 bits per heavy atom. The Balaban J connectivity index is 2.64. The molecule has 0 spiro atoms. The number of aryl methyl sites for hydroxylation is 2. The number of hydrogen-bond donors (Lipinski definition) is 1. The van der Waals surface area contributed by atoms with Gasteiger partial charge in [-0.15, -0.1) is 11.6 Å². The van der Waals surface area contributed by atoms with Crippen LogP contribution in [0.4, 0.5) is 0 Å². The van der Waals surface area contributed by atoms with E-state index < -0.39 is 0 Å². The van der Waals surface area contributed by atoms with Gasteiger partial charge in [-0.1, -0.05) is 20.3 Å². The molecule has 1 aromatic heterocycles. The van der Waals surface area contributed by atoms with Crippen molar-refractivity contribution in [1.82, 2.24) is 15.1 Å². The van der Waals surface area contributed by atoms with Gasteiger partial charge in [0.25, 0.3) is 5.91 Å². The number of nitrogens with one attached hydrogen (secondary N) is 1. The molecular weight excluding hydrogens is 262 g/mol. The van der Waals surface area contributed by atoms with Gasteiger partial charge >= 0.3 is 0 Å². The number of carbonyl (C=O) groups excluding carboxylic acids is 1. The molecule has 1 aromatic rings. The minimum Gasteiger partial charge on any atom is -0.350 e. The van der Waals surface area contributed by atoms with Crippen molar-refractivity contribution >= 4 is 17.5 Å². The van der Waals surface area contributed by atoms with E-state index in [9.17, 15) is 4.79 Å². The maximum atomic E-state index is 12.2. The molecule has 0 aromatic carbocycles. The molecule has 0 radical (unpaired) electrons. The van der Waals surface area contributed by atoms with E-state index in [2.05, 4.69) is 17.3 Å². The summed E-state index contributed by atoms with van der Waals surface area (Å²) in [6.45, 7) is 7.54. The lowest BCUT2D eigenvalue weighted by atomic mass is 10.0. The number of halogens is 1. The van der Waals surface area contributed by atoms with E-state index in [0.717, 1.165) is 25.0 Å². The number of rotatable bonds is 8. The molecule has 0 aliphatic carbocycles. The molecule has 1 heterocycles. The number of aromatic nitrogens is 2. The van der Waals surface area contributed by atoms with Gasteiger partial charge in [-0.3, -0.25) is 9.48 Å². The Morgan fingerprint density at radius 2 is 2.21 bits per heavy atom. The van der Waals surface area contributed by atoms with Crippen molar-refractivity contribution in [2.24, 2.45) is 5.92 Å². The van der Waals surface area contributed by atoms with Crippen LogP contribution in [-0.4, -0.2) is 28.1 Å². The summed E-state index contributed by atoms with van der Waals surface area (Å²) in [7, 11) is 0. The molecule has 4 nitrogen and oxygen atoms in total. The Labute approximate surface area is 120 Å². The van der Waals surface area contributed by atoms with E-state index in [0.29, 0.717) is 30.6 Å². The molecule has 0 aliphatic rings. The van der Waals surface area contributed by atoms with Crippen LogP contribution in [0.25, 0.3) is 0 Å². The van der Waals surface area contributed by atoms with E-state index in [1.807, 2.05) is 19.9 Å². The highest BCUT2D eigenvalue weighted by Gasteiger charge is 2.15. The van der Waals surface area contributed by atoms with Crippen molar-refractivity contribution in [2.45, 2.75) is 46.6 Å². The highest BCUT2D eigenvalue weighted by atomic mass is 35.5. The maximum absolute atomic E-state index is 12.2. The van der Waals surface area contributed by atoms with Gasteiger partial charge in [0.1, 0.15) is 5.69 Å². The maximum Gasteiger partial charge on any atom is 0.269 e. The summed E-state index contributed by atoms with van der Waals surface area (Å²) in [6, 6.07) is 1.88. The zero-order valence-electron chi connectivity index (χ0n) is 12.1. The molecule has 108 valence electrons. The fraction of sp³-hybridized carbons (Fsp3) is 0.714. The minimum absolute atomic E-state index is 0.0397. The van der Waals surface area contributed by atoms with E-state index in [-0.39, 0.29) is 5.91 Å². The molecule has 0 saturated heterocycles. The van der Waals surface area contributed by atoms with Gasteiger partial charge in [0, 0.05) is 19.0 Å². The number of nitrogens with zero attached hydrogens (tertiary/aromatic N) is 2. The van der Waals surface area contributed by atoms with Crippen LogP contribution in [0.5, 0.6) is 0 Å². The topological polar surface area (TPSA) is 46.9 Å². The normalized spacial score (nSPS) is 12.4. The van der Waals surface area contributed by atoms with Gasteiger partial charge in [-0.2, -0.15) is 5.10 Å². The SMILES string of the molecule is CCc1cc(C(=O)NCC(CC)CCCl)n(CC)n1. The lowest BCUT2D eigenvalue weighted by molar-refractivity contribution is 0.0935. The van der Waals surface area contributed by atoms with Crippen LogP contribution in [0.1, 0.15) is 49.8 Å². The summed E-state index contributed by atoms with van der Waals surface area (Å²) >= 11 is 5.75. The molecule has 0 fully saturated rings. The third-order valence-corrected chi connectivity index (χ3v) is 3.59. The molecule has 1 N–H and O–H groups in total. The van der Waals surface area contributed by atoms with Crippen LogP contribution in [-0.2, 0) is 13.0 Å². The van der Waals surface area contributed by atoms with E-state index in [1.165, 1.54) is 0 Å². The summed E-state index contributed by atoms with van der Waals surface area (Å²) in [5, 5.41) is 7.38. The molecule has 0 aliphatic heterocycles. The lowest BCUT2D eigenvalue weighted by Gasteiger charge is -2.14. The first-order valence-electron chi connectivity index (χ1n) is 7.07. The van der Waals surface area contributed by atoms with Crippen LogP contribution in [0.15, 0.2) is 6.07 Å². The van der Waals surface area contributed by atoms with Crippen LogP contribution in [0, 0.1) is 5.92 Å². The Bertz CT molecular complexity index is 403. The average molecular weight is 286 g/mol. The standard InChI is InChI=1S/C14H24ClN3O/c1-4-11(7-8-15)10-16-14(19)13-9-12(5-2)17-18(13)6-3/h9,11H,4-8,10H2,1-3H3,(H,16,19). The second-order valence-corrected chi connectivity index (χ2v) is 5.03. The second-order valence-electron chi connectivity index (χ2n) is 4.65. The molecule has 1 amide bonds. The van der Waals surface area contributed by atoms with Gasteiger partial charge in [-0.05, 0) is 31.7 Å². The summed E-state index contributed by atoms with van der Waals surface area (Å²) in [4.78, 5) is 12.2. The number of hydrogen-bond acceptors (Lipinski definition) is 2. The monoisotopic (exact) mass is 285 g/mol. The van der Waals surface area contributed by atoms with E-state index in [4.69, 9.17) is 11.6 Å². The predicted molar refractivity (Wildman–Crippen MR) is 78.7 cm³/mol. The van der Waals surface area contributed by atoms with Crippen molar-refractivity contribution < 1.29 is 4.79 Å². The third kappa shape index (κ3) is 4.53. The molecule has 1 atom stereocenters. The Kier molecular flexibility index (Phi) is 6.92. The largest absolute Gasteiger partial charge is 0.350 e. The highest BCUT2D eigenvalue weighted by Crippen LogP contribution is 2.09. The summed E-state index contributed by atoms with van der Waals surface area (Å²) in [5.74, 6) is 1.05. The van der Waals surface area contributed by atoms with Gasteiger partial charge in [0.2, 0.25) is 0 Å². The van der Waals surface area contributed by atoms with Gasteiger partial charge in [0.15, 0.2) is 0 Å². The smallest absolute Gasteiger partial charge is 0.269 e. The first kappa shape index (κ1) is 16.0. The second kappa shape index (κ2) is 8.20. The fourth-order valence-corrected chi connectivity index (χ4v) is 2.31. The highest BCUT2D eigenvalue weighted by molar-refractivity contribution is 6.17. The van der Waals surface area contributed by atoms with E-state index >= 15 is 0 Å². The minimum atomic E-state index is -0.0397. The molecule has 0 bridgehead atoms. The van der Waals surface area contributed by atoms with Gasteiger partial charge in [0.05, 0.1) is 5.69 Å². The van der Waals surface area contributed by atoms with Crippen molar-refractivity contribution in [2.75, 3.05) is 12.4 Å².